The minimum Gasteiger partial charge on any atom is -0.443 e. The minimum atomic E-state index is -0.240. The van der Waals surface area contributed by atoms with E-state index in [1.165, 1.54) is 17.7 Å². The Morgan fingerprint density at radius 2 is 2.28 bits per heavy atom. The van der Waals surface area contributed by atoms with Crippen molar-refractivity contribution < 1.29 is 9.21 Å². The fourth-order valence-electron chi connectivity index (χ4n) is 1.52. The molecule has 3 rings (SSSR count). The van der Waals surface area contributed by atoms with Gasteiger partial charge < -0.3 is 4.42 Å². The highest BCUT2D eigenvalue weighted by Crippen LogP contribution is 2.17. The number of aryl methyl sites for hydroxylation is 1. The van der Waals surface area contributed by atoms with Crippen LogP contribution in [0.3, 0.4) is 0 Å². The van der Waals surface area contributed by atoms with Crippen molar-refractivity contribution in [2.24, 2.45) is 0 Å². The quantitative estimate of drug-likeness (QED) is 0.764. The van der Waals surface area contributed by atoms with Crippen LogP contribution in [0.4, 0.5) is 5.13 Å². The van der Waals surface area contributed by atoms with Crippen molar-refractivity contribution in [3.05, 3.63) is 35.2 Å². The third kappa shape index (κ3) is 1.95. The van der Waals surface area contributed by atoms with Gasteiger partial charge >= 0.3 is 0 Å². The second-order valence-corrected chi connectivity index (χ2v) is 4.80. The van der Waals surface area contributed by atoms with Crippen LogP contribution in [0.1, 0.15) is 15.4 Å². The fourth-order valence-corrected chi connectivity index (χ4v) is 2.10. The molecule has 0 saturated carbocycles. The van der Waals surface area contributed by atoms with Crippen molar-refractivity contribution in [3.8, 4) is 0 Å². The molecule has 6 nitrogen and oxygen atoms in total. The first-order valence-corrected chi connectivity index (χ1v) is 5.99. The molecule has 0 radical (unpaired) electrons. The number of rotatable bonds is 2. The third-order valence-electron chi connectivity index (χ3n) is 2.34. The van der Waals surface area contributed by atoms with E-state index in [4.69, 9.17) is 4.42 Å². The van der Waals surface area contributed by atoms with Crippen LogP contribution in [-0.4, -0.2) is 21.1 Å². The third-order valence-corrected chi connectivity index (χ3v) is 3.09. The van der Waals surface area contributed by atoms with Crippen molar-refractivity contribution in [1.82, 2.24) is 15.2 Å². The molecule has 90 valence electrons. The molecule has 0 bridgehead atoms. The molecule has 0 aliphatic heterocycles. The summed E-state index contributed by atoms with van der Waals surface area (Å²) in [6, 6.07) is 5.06. The lowest BCUT2D eigenvalue weighted by Crippen LogP contribution is -2.11. The molecule has 0 fully saturated rings. The number of carbonyl (C=O) groups excluding carboxylic acids is 1. The van der Waals surface area contributed by atoms with Gasteiger partial charge in [-0.05, 0) is 25.1 Å². The van der Waals surface area contributed by atoms with Crippen LogP contribution in [0.25, 0.3) is 11.1 Å². The van der Waals surface area contributed by atoms with E-state index in [9.17, 15) is 4.79 Å². The maximum atomic E-state index is 12.0. The number of carbonyl (C=O) groups is 1. The number of amides is 1. The summed E-state index contributed by atoms with van der Waals surface area (Å²) >= 11 is 1.33. The van der Waals surface area contributed by atoms with Crippen LogP contribution in [0.2, 0.25) is 0 Å². The van der Waals surface area contributed by atoms with Gasteiger partial charge in [-0.1, -0.05) is 11.3 Å². The maximum absolute atomic E-state index is 12.0. The molecule has 2 heterocycles. The van der Waals surface area contributed by atoms with Crippen molar-refractivity contribution in [3.63, 3.8) is 0 Å². The fraction of sp³-hybridized carbons (Fsp3) is 0.0909. The van der Waals surface area contributed by atoms with Crippen molar-refractivity contribution in [1.29, 1.82) is 0 Å². The van der Waals surface area contributed by atoms with Crippen LogP contribution in [0.5, 0.6) is 0 Å². The van der Waals surface area contributed by atoms with Crippen LogP contribution in [0.15, 0.2) is 29.0 Å². The average molecular weight is 260 g/mol. The molecule has 1 aromatic carbocycles. The number of hydrogen-bond donors (Lipinski definition) is 1. The normalized spacial score (nSPS) is 10.7. The summed E-state index contributed by atoms with van der Waals surface area (Å²) in [6.45, 7) is 1.83. The molecule has 3 aromatic rings. The van der Waals surface area contributed by atoms with Gasteiger partial charge in [-0.15, -0.1) is 10.2 Å². The lowest BCUT2D eigenvalue weighted by atomic mass is 10.2. The van der Waals surface area contributed by atoms with Gasteiger partial charge in [-0.3, -0.25) is 10.1 Å². The number of aromatic nitrogens is 3. The monoisotopic (exact) mass is 260 g/mol. The molecule has 0 spiro atoms. The Balaban J connectivity index is 1.87. The lowest BCUT2D eigenvalue weighted by Gasteiger charge is -2.00. The van der Waals surface area contributed by atoms with E-state index in [2.05, 4.69) is 20.5 Å². The van der Waals surface area contributed by atoms with E-state index in [1.54, 1.807) is 18.2 Å². The number of nitrogens with one attached hydrogen (secondary N) is 1. The Morgan fingerprint density at radius 1 is 1.39 bits per heavy atom. The zero-order valence-corrected chi connectivity index (χ0v) is 10.2. The molecule has 0 aliphatic rings. The van der Waals surface area contributed by atoms with E-state index >= 15 is 0 Å². The summed E-state index contributed by atoms with van der Waals surface area (Å²) in [6.07, 6.45) is 1.35. The molecule has 2 aromatic heterocycles. The lowest BCUT2D eigenvalue weighted by molar-refractivity contribution is 0.102. The molecule has 0 atom stereocenters. The first-order valence-electron chi connectivity index (χ1n) is 5.17. The SMILES string of the molecule is Cc1nnc(NC(=O)c2ccc3ocnc3c2)s1. The van der Waals surface area contributed by atoms with Crippen LogP contribution >= 0.6 is 11.3 Å². The van der Waals surface area contributed by atoms with Gasteiger partial charge in [0.25, 0.3) is 5.91 Å². The molecule has 0 unspecified atom stereocenters. The molecular formula is C11H8N4O2S. The standard InChI is InChI=1S/C11H8N4O2S/c1-6-14-15-11(18-6)13-10(16)7-2-3-9-8(4-7)12-5-17-9/h2-5H,1H3,(H,13,15,16). The second kappa shape index (κ2) is 4.19. The molecule has 7 heteroatoms. The Kier molecular flexibility index (Phi) is 2.52. The molecule has 1 N–H and O–H groups in total. The van der Waals surface area contributed by atoms with Crippen molar-refractivity contribution >= 4 is 33.5 Å². The average Bonchev–Trinajstić information content (AvgIpc) is 2.96. The Hall–Kier alpha value is -2.28. The van der Waals surface area contributed by atoms with Gasteiger partial charge in [0.2, 0.25) is 5.13 Å². The Morgan fingerprint density at radius 3 is 3.06 bits per heavy atom. The molecule has 0 aliphatic carbocycles. The van der Waals surface area contributed by atoms with Crippen LogP contribution in [-0.2, 0) is 0 Å². The van der Waals surface area contributed by atoms with Gasteiger partial charge in [0.1, 0.15) is 10.5 Å². The Bertz CT molecular complexity index is 718. The summed E-state index contributed by atoms with van der Waals surface area (Å²) in [5, 5.41) is 11.6. The number of benzene rings is 1. The molecular weight excluding hydrogens is 252 g/mol. The van der Waals surface area contributed by atoms with E-state index < -0.39 is 0 Å². The summed E-state index contributed by atoms with van der Waals surface area (Å²) in [5.41, 5.74) is 1.80. The second-order valence-electron chi connectivity index (χ2n) is 3.62. The number of anilines is 1. The largest absolute Gasteiger partial charge is 0.443 e. The summed E-state index contributed by atoms with van der Waals surface area (Å²) < 4.78 is 5.11. The van der Waals surface area contributed by atoms with Gasteiger partial charge in [-0.2, -0.15) is 0 Å². The van der Waals surface area contributed by atoms with Crippen LogP contribution in [0, 0.1) is 6.92 Å². The molecule has 18 heavy (non-hydrogen) atoms. The number of hydrogen-bond acceptors (Lipinski definition) is 6. The van der Waals surface area contributed by atoms with Gasteiger partial charge in [-0.25, -0.2) is 4.98 Å². The van der Waals surface area contributed by atoms with E-state index in [0.717, 1.165) is 5.01 Å². The predicted molar refractivity (Wildman–Crippen MR) is 66.6 cm³/mol. The minimum absolute atomic E-state index is 0.240. The van der Waals surface area contributed by atoms with E-state index in [0.29, 0.717) is 21.8 Å². The number of nitrogens with zero attached hydrogens (tertiary/aromatic N) is 3. The highest BCUT2D eigenvalue weighted by atomic mass is 32.1. The zero-order valence-electron chi connectivity index (χ0n) is 9.38. The predicted octanol–water partition coefficient (Wildman–Crippen LogP) is 2.24. The van der Waals surface area contributed by atoms with Gasteiger partial charge in [0, 0.05) is 5.56 Å². The highest BCUT2D eigenvalue weighted by molar-refractivity contribution is 7.15. The van der Waals surface area contributed by atoms with Crippen molar-refractivity contribution in [2.75, 3.05) is 5.32 Å². The topological polar surface area (TPSA) is 80.9 Å². The van der Waals surface area contributed by atoms with Crippen molar-refractivity contribution in [2.45, 2.75) is 6.92 Å². The number of fused-ring (bicyclic) bond motifs is 1. The first-order chi connectivity index (χ1) is 8.72. The maximum Gasteiger partial charge on any atom is 0.257 e. The van der Waals surface area contributed by atoms with E-state index in [1.807, 2.05) is 6.92 Å². The van der Waals surface area contributed by atoms with Gasteiger partial charge in [0.05, 0.1) is 0 Å². The summed E-state index contributed by atoms with van der Waals surface area (Å²) in [4.78, 5) is 16.0. The smallest absolute Gasteiger partial charge is 0.257 e. The van der Waals surface area contributed by atoms with Gasteiger partial charge in [0.15, 0.2) is 12.0 Å². The summed E-state index contributed by atoms with van der Waals surface area (Å²) in [5.74, 6) is -0.240. The number of oxazole rings is 1. The summed E-state index contributed by atoms with van der Waals surface area (Å²) in [7, 11) is 0. The molecule has 0 saturated heterocycles. The van der Waals surface area contributed by atoms with Crippen LogP contribution < -0.4 is 5.32 Å². The zero-order chi connectivity index (χ0) is 12.5. The highest BCUT2D eigenvalue weighted by Gasteiger charge is 2.10. The van der Waals surface area contributed by atoms with E-state index in [-0.39, 0.29) is 5.91 Å². The first kappa shape index (κ1) is 10.8. The Labute approximate surface area is 106 Å². The molecule has 1 amide bonds.